The van der Waals surface area contributed by atoms with Crippen molar-refractivity contribution < 1.29 is 14.0 Å². The SMILES string of the molecule is COc1ccc(C(=N)N)cc1-c1cc(-c2cc(C(=N)N)ccc2OC)on1.Cl.Cl. The topological polar surface area (TPSA) is 144 Å². The smallest absolute Gasteiger partial charge is 0.171 e. The van der Waals surface area contributed by atoms with Crippen LogP contribution in [0, 0.1) is 10.8 Å². The first-order valence-corrected chi connectivity index (χ1v) is 7.97. The van der Waals surface area contributed by atoms with Gasteiger partial charge in [0.1, 0.15) is 28.9 Å². The Bertz CT molecular complexity index is 956. The highest BCUT2D eigenvalue weighted by Crippen LogP contribution is 2.36. The molecule has 0 amide bonds. The molecule has 3 rings (SSSR count). The van der Waals surface area contributed by atoms with Gasteiger partial charge in [0.05, 0.1) is 19.8 Å². The van der Waals surface area contributed by atoms with Crippen molar-refractivity contribution in [3.05, 3.63) is 53.6 Å². The fraction of sp³-hybridized carbons (Fsp3) is 0.105. The molecular formula is C19H21Cl2N5O3. The number of nitrogen functional groups attached to an aromatic ring is 2. The van der Waals surface area contributed by atoms with Gasteiger partial charge in [0.25, 0.3) is 0 Å². The zero-order chi connectivity index (χ0) is 19.6. The van der Waals surface area contributed by atoms with Crippen molar-refractivity contribution in [2.24, 2.45) is 11.5 Å². The van der Waals surface area contributed by atoms with Crippen molar-refractivity contribution in [3.8, 4) is 34.1 Å². The lowest BCUT2D eigenvalue weighted by Gasteiger charge is -2.08. The minimum absolute atomic E-state index is 0. The average molecular weight is 438 g/mol. The van der Waals surface area contributed by atoms with E-state index in [9.17, 15) is 0 Å². The molecule has 0 saturated heterocycles. The van der Waals surface area contributed by atoms with Gasteiger partial charge in [-0.05, 0) is 36.4 Å². The van der Waals surface area contributed by atoms with Gasteiger partial charge in [-0.1, -0.05) is 5.16 Å². The maximum atomic E-state index is 7.62. The fourth-order valence-corrected chi connectivity index (χ4v) is 2.67. The summed E-state index contributed by atoms with van der Waals surface area (Å²) in [6.07, 6.45) is 0. The predicted molar refractivity (Wildman–Crippen MR) is 117 cm³/mol. The second kappa shape index (κ2) is 9.81. The number of benzene rings is 2. The summed E-state index contributed by atoms with van der Waals surface area (Å²) in [5.41, 5.74) is 14.0. The summed E-state index contributed by atoms with van der Waals surface area (Å²) in [5, 5.41) is 19.4. The zero-order valence-electron chi connectivity index (χ0n) is 15.7. The van der Waals surface area contributed by atoms with Gasteiger partial charge >= 0.3 is 0 Å². The quantitative estimate of drug-likeness (QED) is 0.343. The van der Waals surface area contributed by atoms with E-state index in [0.29, 0.717) is 45.2 Å². The Morgan fingerprint density at radius 1 is 0.828 bits per heavy atom. The van der Waals surface area contributed by atoms with Crippen molar-refractivity contribution in [1.29, 1.82) is 10.8 Å². The van der Waals surface area contributed by atoms with Crippen molar-refractivity contribution in [2.75, 3.05) is 14.2 Å². The number of amidine groups is 2. The van der Waals surface area contributed by atoms with Crippen molar-refractivity contribution in [1.82, 2.24) is 5.16 Å². The molecule has 0 bridgehead atoms. The Hall–Kier alpha value is -3.23. The van der Waals surface area contributed by atoms with Crippen LogP contribution in [-0.4, -0.2) is 31.0 Å². The number of ether oxygens (including phenoxy) is 2. The Morgan fingerprint density at radius 2 is 1.31 bits per heavy atom. The molecule has 10 heteroatoms. The Morgan fingerprint density at radius 3 is 1.79 bits per heavy atom. The van der Waals surface area contributed by atoms with Crippen molar-refractivity contribution in [2.45, 2.75) is 0 Å². The number of hydrogen-bond donors (Lipinski definition) is 4. The van der Waals surface area contributed by atoms with Crippen LogP contribution in [-0.2, 0) is 0 Å². The largest absolute Gasteiger partial charge is 0.496 e. The third-order valence-corrected chi connectivity index (χ3v) is 4.07. The second-order valence-corrected chi connectivity index (χ2v) is 5.73. The average Bonchev–Trinajstić information content (AvgIpc) is 3.16. The summed E-state index contributed by atoms with van der Waals surface area (Å²) in [6, 6.07) is 12.0. The van der Waals surface area contributed by atoms with E-state index in [1.807, 2.05) is 0 Å². The molecule has 2 aromatic carbocycles. The van der Waals surface area contributed by atoms with E-state index in [2.05, 4.69) is 5.16 Å². The monoisotopic (exact) mass is 437 g/mol. The molecular weight excluding hydrogens is 417 g/mol. The zero-order valence-corrected chi connectivity index (χ0v) is 17.3. The van der Waals surface area contributed by atoms with Crippen molar-refractivity contribution in [3.63, 3.8) is 0 Å². The summed E-state index contributed by atoms with van der Waals surface area (Å²) in [6.45, 7) is 0. The van der Waals surface area contributed by atoms with Crippen LogP contribution in [0.4, 0.5) is 0 Å². The summed E-state index contributed by atoms with van der Waals surface area (Å²) in [7, 11) is 3.09. The molecule has 1 aromatic heterocycles. The number of nitrogens with one attached hydrogen (secondary N) is 2. The van der Waals surface area contributed by atoms with Gasteiger partial charge in [-0.25, -0.2) is 0 Å². The van der Waals surface area contributed by atoms with Gasteiger partial charge in [0.15, 0.2) is 5.76 Å². The molecule has 0 aliphatic carbocycles. The van der Waals surface area contributed by atoms with E-state index < -0.39 is 0 Å². The highest BCUT2D eigenvalue weighted by atomic mass is 35.5. The Kier molecular flexibility index (Phi) is 8.05. The van der Waals surface area contributed by atoms with E-state index in [-0.39, 0.29) is 36.5 Å². The first kappa shape index (κ1) is 23.8. The Labute approximate surface area is 180 Å². The number of methoxy groups -OCH3 is 2. The molecule has 6 N–H and O–H groups in total. The van der Waals surface area contributed by atoms with E-state index in [1.54, 1.807) is 56.7 Å². The number of nitrogens with zero attached hydrogens (tertiary/aromatic N) is 1. The van der Waals surface area contributed by atoms with Gasteiger partial charge in [-0.2, -0.15) is 0 Å². The number of rotatable bonds is 6. The number of halogens is 2. The second-order valence-electron chi connectivity index (χ2n) is 5.73. The van der Waals surface area contributed by atoms with Gasteiger partial charge < -0.3 is 25.5 Å². The van der Waals surface area contributed by atoms with Crippen LogP contribution in [0.25, 0.3) is 22.6 Å². The molecule has 0 aliphatic heterocycles. The molecule has 0 fully saturated rings. The minimum Gasteiger partial charge on any atom is -0.496 e. The summed E-state index contributed by atoms with van der Waals surface area (Å²) < 4.78 is 16.3. The van der Waals surface area contributed by atoms with E-state index in [1.165, 1.54) is 0 Å². The van der Waals surface area contributed by atoms with Crippen LogP contribution in [0.15, 0.2) is 47.0 Å². The normalized spacial score (nSPS) is 9.72. The molecule has 3 aromatic rings. The first-order chi connectivity index (χ1) is 12.9. The van der Waals surface area contributed by atoms with Crippen LogP contribution < -0.4 is 20.9 Å². The van der Waals surface area contributed by atoms with Crippen LogP contribution >= 0.6 is 24.8 Å². The standard InChI is InChI=1S/C19H19N5O3.2ClH/c1-25-15-5-3-10(18(20)21)7-12(15)14-9-17(27-24-14)13-8-11(19(22)23)4-6-16(13)26-2;;/h3-9H,1-2H3,(H3,20,21)(H3,22,23);2*1H. The fourth-order valence-electron chi connectivity index (χ4n) is 2.67. The highest BCUT2D eigenvalue weighted by Gasteiger charge is 2.17. The molecule has 0 spiro atoms. The molecule has 0 unspecified atom stereocenters. The lowest BCUT2D eigenvalue weighted by atomic mass is 10.0. The molecule has 0 atom stereocenters. The number of aromatic nitrogens is 1. The van der Waals surface area contributed by atoms with Crippen molar-refractivity contribution >= 4 is 36.5 Å². The van der Waals surface area contributed by atoms with Gasteiger partial charge in [0, 0.05) is 22.8 Å². The third-order valence-electron chi connectivity index (χ3n) is 4.07. The van der Waals surface area contributed by atoms with Gasteiger partial charge in [-0.3, -0.25) is 10.8 Å². The molecule has 0 aliphatic rings. The highest BCUT2D eigenvalue weighted by molar-refractivity contribution is 5.97. The maximum absolute atomic E-state index is 7.62. The molecule has 1 heterocycles. The van der Waals surface area contributed by atoms with Gasteiger partial charge in [0.2, 0.25) is 0 Å². The van der Waals surface area contributed by atoms with E-state index in [0.717, 1.165) is 0 Å². The number of nitrogens with two attached hydrogens (primary N) is 2. The molecule has 0 saturated carbocycles. The maximum Gasteiger partial charge on any atom is 0.171 e. The molecule has 154 valence electrons. The first-order valence-electron chi connectivity index (χ1n) is 7.97. The summed E-state index contributed by atoms with van der Waals surface area (Å²) in [5.74, 6) is 1.46. The predicted octanol–water partition coefficient (Wildman–Crippen LogP) is 3.44. The van der Waals surface area contributed by atoms with E-state index >= 15 is 0 Å². The van der Waals surface area contributed by atoms with E-state index in [4.69, 9.17) is 36.3 Å². The molecule has 0 radical (unpaired) electrons. The van der Waals surface area contributed by atoms with Crippen LogP contribution in [0.3, 0.4) is 0 Å². The van der Waals surface area contributed by atoms with Gasteiger partial charge in [-0.15, -0.1) is 24.8 Å². The van der Waals surface area contributed by atoms with Crippen LogP contribution in [0.1, 0.15) is 11.1 Å². The van der Waals surface area contributed by atoms with Crippen LogP contribution in [0.5, 0.6) is 11.5 Å². The molecule has 29 heavy (non-hydrogen) atoms. The lowest BCUT2D eigenvalue weighted by molar-refractivity contribution is 0.405. The molecule has 8 nitrogen and oxygen atoms in total. The lowest BCUT2D eigenvalue weighted by Crippen LogP contribution is -2.11. The summed E-state index contributed by atoms with van der Waals surface area (Å²) in [4.78, 5) is 0. The number of hydrogen-bond acceptors (Lipinski definition) is 6. The summed E-state index contributed by atoms with van der Waals surface area (Å²) >= 11 is 0. The third kappa shape index (κ3) is 4.79. The minimum atomic E-state index is -0.0607. The Balaban J connectivity index is 0.00000210. The van der Waals surface area contributed by atoms with Crippen LogP contribution in [0.2, 0.25) is 0 Å².